The Balaban J connectivity index is 1.17. The van der Waals surface area contributed by atoms with E-state index in [9.17, 15) is 27.6 Å². The van der Waals surface area contributed by atoms with Crippen LogP contribution in [0, 0.1) is 18.8 Å². The van der Waals surface area contributed by atoms with Crippen LogP contribution < -0.4 is 26.4 Å². The number of H-pyrrole nitrogens is 1. The van der Waals surface area contributed by atoms with Crippen LogP contribution in [0.2, 0.25) is 0 Å². The number of rotatable bonds is 14. The molecule has 310 valence electrons. The molecule has 0 unspecified atom stereocenters. The monoisotopic (exact) mass is 822 g/mol. The Morgan fingerprint density at radius 1 is 0.881 bits per heavy atom. The molecule has 1 aliphatic rings. The number of aryl methyl sites for hydroxylation is 1. The van der Waals surface area contributed by atoms with E-state index in [1.807, 2.05) is 82.3 Å². The summed E-state index contributed by atoms with van der Waals surface area (Å²) < 4.78 is 39.3. The first kappa shape index (κ1) is 42.5. The fourth-order valence-corrected chi connectivity index (χ4v) is 8.05. The number of anilines is 1. The maximum atomic E-state index is 14.0. The molecule has 0 saturated heterocycles. The lowest BCUT2D eigenvalue weighted by atomic mass is 9.81. The maximum absolute atomic E-state index is 14.0. The summed E-state index contributed by atoms with van der Waals surface area (Å²) in [5.41, 5.74) is 4.36. The van der Waals surface area contributed by atoms with Crippen LogP contribution in [-0.4, -0.2) is 54.7 Å². The van der Waals surface area contributed by atoms with Crippen molar-refractivity contribution in [2.24, 2.45) is 11.8 Å². The maximum Gasteiger partial charge on any atom is 0.439 e. The third-order valence-electron chi connectivity index (χ3n) is 10.2. The average molecular weight is 823 g/mol. The summed E-state index contributed by atoms with van der Waals surface area (Å²) in [5, 5.41) is 12.5. The lowest BCUT2D eigenvalue weighted by Gasteiger charge is -2.29. The second kappa shape index (κ2) is 18.7. The van der Waals surface area contributed by atoms with E-state index >= 15 is 0 Å². The molecule has 3 amide bonds. The zero-order valence-corrected chi connectivity index (χ0v) is 34.4. The number of alkyl carbamates (subject to hydrolysis) is 1. The van der Waals surface area contributed by atoms with E-state index in [0.717, 1.165) is 35.1 Å². The van der Waals surface area contributed by atoms with Crippen LogP contribution in [0.1, 0.15) is 63.1 Å². The number of sulfonamides is 1. The fraction of sp³-hybridized carbons (Fsp3) is 0.341. The highest BCUT2D eigenvalue weighted by molar-refractivity contribution is 7.89. The van der Waals surface area contributed by atoms with Gasteiger partial charge in [-0.2, -0.15) is 0 Å². The number of hydrogen-bond acceptors (Lipinski definition) is 9. The third kappa shape index (κ3) is 12.0. The molecule has 0 spiro atoms. The van der Waals surface area contributed by atoms with Crippen molar-refractivity contribution < 1.29 is 32.1 Å². The number of benzene rings is 4. The van der Waals surface area contributed by atoms with Crippen LogP contribution in [0.15, 0.2) is 111 Å². The molecule has 14 nitrogen and oxygen atoms in total. The van der Waals surface area contributed by atoms with Gasteiger partial charge in [0.05, 0.1) is 4.90 Å². The summed E-state index contributed by atoms with van der Waals surface area (Å²) in [6.45, 7) is 7.93. The Kier molecular flexibility index (Phi) is 13.5. The normalized spacial score (nSPS) is 16.1. The first-order chi connectivity index (χ1) is 28.1. The van der Waals surface area contributed by atoms with Gasteiger partial charge < -0.3 is 20.7 Å². The van der Waals surface area contributed by atoms with Crippen LogP contribution in [0.4, 0.5) is 10.5 Å². The van der Waals surface area contributed by atoms with Crippen molar-refractivity contribution in [2.75, 3.05) is 11.9 Å². The molecule has 0 radical (unpaired) electrons. The highest BCUT2D eigenvalue weighted by Crippen LogP contribution is 2.30. The Labute approximate surface area is 343 Å². The molecule has 1 fully saturated rings. The van der Waals surface area contributed by atoms with E-state index in [4.69, 9.17) is 4.74 Å². The summed E-state index contributed by atoms with van der Waals surface area (Å²) >= 11 is 0. The summed E-state index contributed by atoms with van der Waals surface area (Å²) in [6.07, 6.45) is 2.33. The van der Waals surface area contributed by atoms with Gasteiger partial charge in [0.25, 0.3) is 0 Å². The van der Waals surface area contributed by atoms with Gasteiger partial charge in [-0.1, -0.05) is 65.8 Å². The Bertz CT molecular complexity index is 2420. The van der Waals surface area contributed by atoms with Crippen molar-refractivity contribution in [1.82, 2.24) is 25.5 Å². The number of aromatic nitrogens is 2. The number of hydrogen-bond donors (Lipinski definition) is 5. The Morgan fingerprint density at radius 3 is 2.27 bits per heavy atom. The van der Waals surface area contributed by atoms with Crippen molar-refractivity contribution in [1.29, 1.82) is 0 Å². The zero-order chi connectivity index (χ0) is 42.2. The van der Waals surface area contributed by atoms with Crippen molar-refractivity contribution in [3.05, 3.63) is 124 Å². The number of nitrogens with zero attached hydrogens (tertiary/aromatic N) is 1. The second-order valence-corrected chi connectivity index (χ2v) is 17.6. The van der Waals surface area contributed by atoms with Crippen LogP contribution in [0.25, 0.3) is 22.5 Å². The lowest BCUT2D eigenvalue weighted by Crippen LogP contribution is -2.48. The van der Waals surface area contributed by atoms with Crippen molar-refractivity contribution in [3.63, 3.8) is 0 Å². The van der Waals surface area contributed by atoms with Gasteiger partial charge in [-0.25, -0.2) is 22.7 Å². The summed E-state index contributed by atoms with van der Waals surface area (Å²) in [5.74, 6) is -1.23. The number of amides is 3. The Hall–Kier alpha value is -6.06. The molecule has 4 aromatic carbocycles. The average Bonchev–Trinajstić information content (AvgIpc) is 3.65. The molecular weight excluding hydrogens is 773 g/mol. The minimum absolute atomic E-state index is 0.125. The summed E-state index contributed by atoms with van der Waals surface area (Å²) in [4.78, 5) is 54.0. The van der Waals surface area contributed by atoms with E-state index in [1.54, 1.807) is 42.5 Å². The van der Waals surface area contributed by atoms with E-state index in [2.05, 4.69) is 35.3 Å². The minimum Gasteiger partial charge on any atom is -0.444 e. The van der Waals surface area contributed by atoms with E-state index < -0.39 is 39.4 Å². The molecule has 0 aliphatic heterocycles. The van der Waals surface area contributed by atoms with Crippen molar-refractivity contribution >= 4 is 33.6 Å². The summed E-state index contributed by atoms with van der Waals surface area (Å²) in [6, 6.07) is 27.4. The molecule has 59 heavy (non-hydrogen) atoms. The molecule has 5 N–H and O–H groups in total. The second-order valence-electron chi connectivity index (χ2n) is 15.9. The first-order valence-corrected chi connectivity index (χ1v) is 21.1. The molecular formula is C44H50N6O8S. The van der Waals surface area contributed by atoms with E-state index in [0.29, 0.717) is 36.2 Å². The highest BCUT2D eigenvalue weighted by Gasteiger charge is 2.30. The lowest BCUT2D eigenvalue weighted by molar-refractivity contribution is -0.130. The standard InChI is InChI=1S/C44H50N6O8S/c1-28-13-22-36(59(55,56)46-27-29-9-6-5-7-10-29)25-37(28)34-12-8-11-31(23-34)24-38(41(52)47-35-20-18-32(19-21-35)39-49-43(54)58-50-39)48-40(51)33-16-14-30(15-17-33)26-45-42(53)57-44(2,3)4/h5-13,18-23,25,30,33,38,46H,14-17,24,26-27H2,1-4H3,(H,45,53)(H,47,52)(H,48,51)(H,49,50,54)/t30?,33?,38-/m0/s1. The molecule has 1 saturated carbocycles. The molecule has 1 heterocycles. The van der Waals surface area contributed by atoms with Gasteiger partial charge in [0.2, 0.25) is 21.8 Å². The van der Waals surface area contributed by atoms with Crippen LogP contribution in [0.5, 0.6) is 0 Å². The predicted molar refractivity (Wildman–Crippen MR) is 224 cm³/mol. The smallest absolute Gasteiger partial charge is 0.439 e. The van der Waals surface area contributed by atoms with Gasteiger partial charge in [0.1, 0.15) is 11.6 Å². The number of carbonyl (C=O) groups excluding carboxylic acids is 3. The number of aromatic amines is 1. The summed E-state index contributed by atoms with van der Waals surface area (Å²) in [7, 11) is -3.83. The molecule has 0 bridgehead atoms. The van der Waals surface area contributed by atoms with Gasteiger partial charge >= 0.3 is 11.8 Å². The number of carbonyl (C=O) groups is 3. The molecule has 5 aromatic rings. The van der Waals surface area contributed by atoms with E-state index in [1.165, 1.54) is 0 Å². The van der Waals surface area contributed by atoms with Gasteiger partial charge in [-0.15, -0.1) is 0 Å². The fourth-order valence-electron chi connectivity index (χ4n) is 7.00. The van der Waals surface area contributed by atoms with Crippen LogP contribution in [-0.2, 0) is 37.3 Å². The zero-order valence-electron chi connectivity index (χ0n) is 33.5. The number of ether oxygens (including phenoxy) is 1. The minimum atomic E-state index is -3.83. The quantitative estimate of drug-likeness (QED) is 0.0831. The molecule has 1 atom stereocenters. The first-order valence-electron chi connectivity index (χ1n) is 19.6. The van der Waals surface area contributed by atoms with Gasteiger partial charge in [0, 0.05) is 36.7 Å². The van der Waals surface area contributed by atoms with Crippen LogP contribution >= 0.6 is 0 Å². The van der Waals surface area contributed by atoms with Gasteiger partial charge in [-0.05, 0) is 124 Å². The Morgan fingerprint density at radius 2 is 1.59 bits per heavy atom. The molecule has 1 aliphatic carbocycles. The third-order valence-corrected chi connectivity index (χ3v) is 11.6. The van der Waals surface area contributed by atoms with Crippen molar-refractivity contribution in [3.8, 4) is 22.5 Å². The number of nitrogens with one attached hydrogen (secondary N) is 5. The van der Waals surface area contributed by atoms with Crippen molar-refractivity contribution in [2.45, 2.75) is 82.9 Å². The van der Waals surface area contributed by atoms with Crippen LogP contribution in [0.3, 0.4) is 0 Å². The highest BCUT2D eigenvalue weighted by atomic mass is 32.2. The van der Waals surface area contributed by atoms with Gasteiger partial charge in [0.15, 0.2) is 5.82 Å². The topological polar surface area (TPSA) is 202 Å². The van der Waals surface area contributed by atoms with E-state index in [-0.39, 0.29) is 41.4 Å². The largest absolute Gasteiger partial charge is 0.444 e. The van der Waals surface area contributed by atoms with Gasteiger partial charge in [-0.3, -0.25) is 19.1 Å². The predicted octanol–water partition coefficient (Wildman–Crippen LogP) is 6.48. The molecule has 1 aromatic heterocycles. The molecule has 15 heteroatoms. The molecule has 6 rings (SSSR count). The SMILES string of the molecule is Cc1ccc(S(=O)(=O)NCc2ccccc2)cc1-c1cccc(C[C@H](NC(=O)C2CCC(CNC(=O)OC(C)(C)C)CC2)C(=O)Nc2ccc(-c3noc(=O)[nH]3)cc2)c1.